The predicted molar refractivity (Wildman–Crippen MR) is 103 cm³/mol. The van der Waals surface area contributed by atoms with Crippen molar-refractivity contribution in [3.05, 3.63) is 94.5 Å². The van der Waals surface area contributed by atoms with Gasteiger partial charge >= 0.3 is 0 Å². The lowest BCUT2D eigenvalue weighted by Crippen LogP contribution is -2.25. The number of carbonyl (C=O) groups excluding carboxylic acids is 1. The third-order valence-corrected chi connectivity index (χ3v) is 4.38. The number of rotatable bonds is 6. The molecule has 2 aromatic carbocycles. The minimum Gasteiger partial charge on any atom is -0.350 e. The Morgan fingerprint density at radius 2 is 1.81 bits per heavy atom. The quantitative estimate of drug-likeness (QED) is 0.709. The molecule has 0 saturated heterocycles. The van der Waals surface area contributed by atoms with Crippen molar-refractivity contribution in [2.75, 3.05) is 0 Å². The average molecular weight is 366 g/mol. The van der Waals surface area contributed by atoms with Gasteiger partial charge in [0.1, 0.15) is 0 Å². The third-order valence-electron chi connectivity index (χ3n) is 4.14. The van der Waals surface area contributed by atoms with Crippen LogP contribution in [0.2, 0.25) is 5.02 Å². The minimum absolute atomic E-state index is 0.0406. The standard InChI is InChI=1S/C21H20ClN3O/c1-15-12-24-19(13-23-15)14-25-21(26)11-20(16-6-3-2-4-7-16)17-8-5-9-18(22)10-17/h2-10,12-13,20H,11,14H2,1H3,(H,25,26)/t20-/m1/s1. The Labute approximate surface area is 158 Å². The largest absolute Gasteiger partial charge is 0.350 e. The molecule has 0 radical (unpaired) electrons. The molecule has 0 spiro atoms. The first-order valence-electron chi connectivity index (χ1n) is 8.46. The summed E-state index contributed by atoms with van der Waals surface area (Å²) in [6.45, 7) is 2.24. The van der Waals surface area contributed by atoms with Gasteiger partial charge < -0.3 is 5.32 Å². The second-order valence-corrected chi connectivity index (χ2v) is 6.58. The van der Waals surface area contributed by atoms with E-state index in [-0.39, 0.29) is 11.8 Å². The number of amides is 1. The van der Waals surface area contributed by atoms with Gasteiger partial charge in [-0.2, -0.15) is 0 Å². The van der Waals surface area contributed by atoms with Gasteiger partial charge in [0.15, 0.2) is 0 Å². The maximum Gasteiger partial charge on any atom is 0.221 e. The molecule has 3 rings (SSSR count). The minimum atomic E-state index is -0.0565. The molecule has 26 heavy (non-hydrogen) atoms. The Morgan fingerprint density at radius 1 is 1.04 bits per heavy atom. The number of aromatic nitrogens is 2. The first kappa shape index (κ1) is 18.1. The van der Waals surface area contributed by atoms with Gasteiger partial charge in [0.05, 0.1) is 24.1 Å². The third kappa shape index (κ3) is 4.90. The van der Waals surface area contributed by atoms with Crippen LogP contribution >= 0.6 is 11.6 Å². The normalized spacial score (nSPS) is 11.8. The second kappa shape index (κ2) is 8.59. The molecule has 4 nitrogen and oxygen atoms in total. The highest BCUT2D eigenvalue weighted by molar-refractivity contribution is 6.30. The number of nitrogens with zero attached hydrogens (tertiary/aromatic N) is 2. The molecule has 0 aliphatic heterocycles. The van der Waals surface area contributed by atoms with Crippen LogP contribution in [0.15, 0.2) is 67.0 Å². The van der Waals surface area contributed by atoms with Crippen molar-refractivity contribution in [2.45, 2.75) is 25.8 Å². The van der Waals surface area contributed by atoms with E-state index in [1.54, 1.807) is 12.4 Å². The summed E-state index contributed by atoms with van der Waals surface area (Å²) in [5.41, 5.74) is 3.70. The van der Waals surface area contributed by atoms with E-state index in [2.05, 4.69) is 15.3 Å². The predicted octanol–water partition coefficient (Wildman–Crippen LogP) is 4.28. The first-order valence-corrected chi connectivity index (χ1v) is 8.84. The maximum absolute atomic E-state index is 12.5. The van der Waals surface area contributed by atoms with E-state index in [4.69, 9.17) is 11.6 Å². The number of benzene rings is 2. The van der Waals surface area contributed by atoms with Gasteiger partial charge in [-0.05, 0) is 30.2 Å². The summed E-state index contributed by atoms with van der Waals surface area (Å²) in [5, 5.41) is 3.59. The lowest BCUT2D eigenvalue weighted by molar-refractivity contribution is -0.121. The zero-order chi connectivity index (χ0) is 18.4. The Balaban J connectivity index is 1.73. The van der Waals surface area contributed by atoms with E-state index in [1.165, 1.54) is 0 Å². The van der Waals surface area contributed by atoms with E-state index in [9.17, 15) is 4.79 Å². The number of halogens is 1. The molecule has 132 valence electrons. The van der Waals surface area contributed by atoms with E-state index < -0.39 is 0 Å². The van der Waals surface area contributed by atoms with Crippen LogP contribution in [0, 0.1) is 6.92 Å². The Hall–Kier alpha value is -2.72. The molecular formula is C21H20ClN3O. The highest BCUT2D eigenvalue weighted by Crippen LogP contribution is 2.29. The lowest BCUT2D eigenvalue weighted by Gasteiger charge is -2.18. The number of carbonyl (C=O) groups is 1. The van der Waals surface area contributed by atoms with E-state index >= 15 is 0 Å². The highest BCUT2D eigenvalue weighted by Gasteiger charge is 2.18. The van der Waals surface area contributed by atoms with Gasteiger partial charge in [-0.1, -0.05) is 54.1 Å². The summed E-state index contributed by atoms with van der Waals surface area (Å²) >= 11 is 6.15. The summed E-state index contributed by atoms with van der Waals surface area (Å²) < 4.78 is 0. The van der Waals surface area contributed by atoms with Gasteiger partial charge in [0, 0.05) is 23.6 Å². The molecule has 1 N–H and O–H groups in total. The fourth-order valence-corrected chi connectivity index (χ4v) is 2.99. The molecule has 1 atom stereocenters. The summed E-state index contributed by atoms with van der Waals surface area (Å²) in [6.07, 6.45) is 3.71. The summed E-state index contributed by atoms with van der Waals surface area (Å²) in [6, 6.07) is 17.7. The van der Waals surface area contributed by atoms with Crippen LogP contribution in [0.4, 0.5) is 0 Å². The van der Waals surface area contributed by atoms with Crippen molar-refractivity contribution >= 4 is 17.5 Å². The molecule has 0 saturated carbocycles. The molecule has 0 fully saturated rings. The van der Waals surface area contributed by atoms with Crippen molar-refractivity contribution in [2.24, 2.45) is 0 Å². The van der Waals surface area contributed by atoms with Crippen molar-refractivity contribution < 1.29 is 4.79 Å². The molecule has 0 unspecified atom stereocenters. The van der Waals surface area contributed by atoms with Crippen molar-refractivity contribution in [3.8, 4) is 0 Å². The molecule has 0 aliphatic rings. The lowest BCUT2D eigenvalue weighted by atomic mass is 9.88. The van der Waals surface area contributed by atoms with Crippen molar-refractivity contribution in [1.29, 1.82) is 0 Å². The van der Waals surface area contributed by atoms with Gasteiger partial charge in [-0.3, -0.25) is 14.8 Å². The number of nitrogens with one attached hydrogen (secondary N) is 1. The van der Waals surface area contributed by atoms with E-state index in [1.807, 2.05) is 61.5 Å². The van der Waals surface area contributed by atoms with Gasteiger partial charge in [-0.25, -0.2) is 0 Å². The number of hydrogen-bond donors (Lipinski definition) is 1. The topological polar surface area (TPSA) is 54.9 Å². The zero-order valence-electron chi connectivity index (χ0n) is 14.5. The molecule has 1 amide bonds. The summed E-state index contributed by atoms with van der Waals surface area (Å²) in [7, 11) is 0. The fraction of sp³-hybridized carbons (Fsp3) is 0.190. The Kier molecular flexibility index (Phi) is 5.97. The molecule has 0 bridgehead atoms. The van der Waals surface area contributed by atoms with Crippen molar-refractivity contribution in [3.63, 3.8) is 0 Å². The molecule has 1 aromatic heterocycles. The smallest absolute Gasteiger partial charge is 0.221 e. The SMILES string of the molecule is Cc1cnc(CNC(=O)C[C@H](c2ccccc2)c2cccc(Cl)c2)cn1. The monoisotopic (exact) mass is 365 g/mol. The van der Waals surface area contributed by atoms with E-state index in [0.29, 0.717) is 18.0 Å². The average Bonchev–Trinajstić information content (AvgIpc) is 2.66. The van der Waals surface area contributed by atoms with Crippen LogP contribution in [0.25, 0.3) is 0 Å². The van der Waals surface area contributed by atoms with Crippen LogP contribution < -0.4 is 5.32 Å². The molecule has 5 heteroatoms. The molecule has 1 heterocycles. The van der Waals surface area contributed by atoms with Crippen LogP contribution in [0.5, 0.6) is 0 Å². The molecule has 0 aliphatic carbocycles. The highest BCUT2D eigenvalue weighted by atomic mass is 35.5. The number of aryl methyl sites for hydroxylation is 1. The fourth-order valence-electron chi connectivity index (χ4n) is 2.79. The van der Waals surface area contributed by atoms with Crippen LogP contribution in [-0.2, 0) is 11.3 Å². The van der Waals surface area contributed by atoms with Crippen molar-refractivity contribution in [1.82, 2.24) is 15.3 Å². The Morgan fingerprint density at radius 3 is 2.50 bits per heavy atom. The van der Waals surface area contributed by atoms with Crippen LogP contribution in [0.1, 0.15) is 34.9 Å². The first-order chi connectivity index (χ1) is 12.6. The maximum atomic E-state index is 12.5. The second-order valence-electron chi connectivity index (χ2n) is 6.15. The summed E-state index contributed by atoms with van der Waals surface area (Å²) in [5.74, 6) is -0.0970. The van der Waals surface area contributed by atoms with Gasteiger partial charge in [0.25, 0.3) is 0 Å². The van der Waals surface area contributed by atoms with Gasteiger partial charge in [0.2, 0.25) is 5.91 Å². The molecular weight excluding hydrogens is 346 g/mol. The van der Waals surface area contributed by atoms with Crippen LogP contribution in [-0.4, -0.2) is 15.9 Å². The van der Waals surface area contributed by atoms with Crippen LogP contribution in [0.3, 0.4) is 0 Å². The number of hydrogen-bond acceptors (Lipinski definition) is 3. The zero-order valence-corrected chi connectivity index (χ0v) is 15.3. The Bertz CT molecular complexity index is 866. The summed E-state index contributed by atoms with van der Waals surface area (Å²) in [4.78, 5) is 21.0. The molecule has 3 aromatic rings. The van der Waals surface area contributed by atoms with Gasteiger partial charge in [-0.15, -0.1) is 0 Å². The van der Waals surface area contributed by atoms with E-state index in [0.717, 1.165) is 22.5 Å².